The summed E-state index contributed by atoms with van der Waals surface area (Å²) in [5, 5.41) is 9.71. The Balaban J connectivity index is 2.31. The second kappa shape index (κ2) is 7.03. The molecule has 1 aromatic heterocycles. The molecule has 0 bridgehead atoms. The highest BCUT2D eigenvalue weighted by Crippen LogP contribution is 2.48. The molecule has 7 heteroatoms. The van der Waals surface area contributed by atoms with Crippen molar-refractivity contribution in [2.45, 2.75) is 39.0 Å². The van der Waals surface area contributed by atoms with Gasteiger partial charge in [0, 0.05) is 23.4 Å². The van der Waals surface area contributed by atoms with E-state index in [0.717, 1.165) is 6.07 Å². The first-order chi connectivity index (χ1) is 12.7. The van der Waals surface area contributed by atoms with Crippen LogP contribution in [0.25, 0.3) is 0 Å². The van der Waals surface area contributed by atoms with Crippen molar-refractivity contribution in [3.05, 3.63) is 53.2 Å². The van der Waals surface area contributed by atoms with Gasteiger partial charge in [0.05, 0.1) is 29.3 Å². The number of pyridine rings is 1. The van der Waals surface area contributed by atoms with Gasteiger partial charge in [0.25, 0.3) is 0 Å². The summed E-state index contributed by atoms with van der Waals surface area (Å²) in [6.07, 6.45) is -3.26. The van der Waals surface area contributed by atoms with Gasteiger partial charge in [-0.05, 0) is 38.5 Å². The molecule has 0 amide bonds. The molecule has 0 saturated heterocycles. The quantitative estimate of drug-likeness (QED) is 0.737. The molecular weight excluding hydrogens is 355 g/mol. The van der Waals surface area contributed by atoms with E-state index in [-0.39, 0.29) is 17.5 Å². The second-order valence-corrected chi connectivity index (χ2v) is 6.64. The molecule has 0 N–H and O–H groups in total. The number of ether oxygens (including phenoxy) is 1. The zero-order valence-corrected chi connectivity index (χ0v) is 15.1. The third kappa shape index (κ3) is 3.52. The minimum Gasteiger partial charge on any atom is -0.475 e. The van der Waals surface area contributed by atoms with Crippen molar-refractivity contribution in [2.24, 2.45) is 10.9 Å². The van der Waals surface area contributed by atoms with Crippen molar-refractivity contribution in [3.8, 4) is 11.9 Å². The van der Waals surface area contributed by atoms with Crippen LogP contribution in [-0.2, 0) is 6.18 Å². The first-order valence-corrected chi connectivity index (χ1v) is 8.50. The van der Waals surface area contributed by atoms with Crippen LogP contribution < -0.4 is 4.74 Å². The molecule has 2 heterocycles. The fourth-order valence-corrected chi connectivity index (χ4v) is 3.35. The summed E-state index contributed by atoms with van der Waals surface area (Å²) < 4.78 is 46.7. The van der Waals surface area contributed by atoms with E-state index < -0.39 is 23.6 Å². The number of alkyl halides is 3. The molecule has 1 aliphatic rings. The van der Waals surface area contributed by atoms with E-state index in [2.05, 4.69) is 16.0 Å². The molecule has 0 spiro atoms. The predicted octanol–water partition coefficient (Wildman–Crippen LogP) is 5.27. The molecular formula is C20H18F3N3O. The molecule has 2 aromatic rings. The first-order valence-electron chi connectivity index (χ1n) is 8.50. The van der Waals surface area contributed by atoms with Crippen molar-refractivity contribution < 1.29 is 17.9 Å². The molecule has 2 unspecified atom stereocenters. The third-order valence-electron chi connectivity index (χ3n) is 4.41. The highest BCUT2D eigenvalue weighted by atomic mass is 19.4. The van der Waals surface area contributed by atoms with Gasteiger partial charge in [0.1, 0.15) is 0 Å². The van der Waals surface area contributed by atoms with E-state index in [1.807, 2.05) is 0 Å². The van der Waals surface area contributed by atoms with Crippen LogP contribution in [0.3, 0.4) is 0 Å². The summed E-state index contributed by atoms with van der Waals surface area (Å²) in [5.74, 6) is -1.51. The average Bonchev–Trinajstić information content (AvgIpc) is 2.59. The van der Waals surface area contributed by atoms with Gasteiger partial charge in [-0.25, -0.2) is 4.98 Å². The molecule has 140 valence electrons. The summed E-state index contributed by atoms with van der Waals surface area (Å²) >= 11 is 0. The molecule has 0 aliphatic carbocycles. The lowest BCUT2D eigenvalue weighted by molar-refractivity contribution is -0.138. The lowest BCUT2D eigenvalue weighted by Gasteiger charge is -2.31. The topological polar surface area (TPSA) is 58.3 Å². The average molecular weight is 373 g/mol. The van der Waals surface area contributed by atoms with E-state index in [9.17, 15) is 18.4 Å². The van der Waals surface area contributed by atoms with Gasteiger partial charge >= 0.3 is 6.18 Å². The Kier molecular flexibility index (Phi) is 4.92. The highest BCUT2D eigenvalue weighted by Gasteiger charge is 2.42. The van der Waals surface area contributed by atoms with Crippen LogP contribution in [0.15, 0.2) is 41.5 Å². The van der Waals surface area contributed by atoms with Crippen LogP contribution >= 0.6 is 0 Å². The Bertz CT molecular complexity index is 929. The van der Waals surface area contributed by atoms with Crippen LogP contribution in [0.5, 0.6) is 5.88 Å². The molecule has 2 atom stereocenters. The Morgan fingerprint density at radius 1 is 1.19 bits per heavy atom. The molecule has 0 radical (unpaired) electrons. The normalized spacial score (nSPS) is 19.3. The number of hydrogen-bond donors (Lipinski definition) is 0. The summed E-state index contributed by atoms with van der Waals surface area (Å²) in [6.45, 7) is 5.27. The molecule has 1 aromatic carbocycles. The lowest BCUT2D eigenvalue weighted by atomic mass is 9.75. The smallest absolute Gasteiger partial charge is 0.416 e. The number of halogens is 3. The van der Waals surface area contributed by atoms with Crippen LogP contribution in [0, 0.1) is 17.2 Å². The van der Waals surface area contributed by atoms with Crippen molar-refractivity contribution >= 4 is 11.4 Å². The van der Waals surface area contributed by atoms with Crippen LogP contribution in [0.1, 0.15) is 43.4 Å². The van der Waals surface area contributed by atoms with E-state index >= 15 is 0 Å². The number of fused-ring (bicyclic) bond motifs is 1. The molecule has 27 heavy (non-hydrogen) atoms. The predicted molar refractivity (Wildman–Crippen MR) is 95.2 cm³/mol. The Labute approximate surface area is 155 Å². The lowest BCUT2D eigenvalue weighted by Crippen LogP contribution is -2.27. The fourth-order valence-electron chi connectivity index (χ4n) is 3.35. The maximum atomic E-state index is 13.7. The number of hydrogen-bond acceptors (Lipinski definition) is 4. The minimum atomic E-state index is -4.54. The van der Waals surface area contributed by atoms with Crippen LogP contribution in [0.2, 0.25) is 0 Å². The van der Waals surface area contributed by atoms with Gasteiger partial charge in [0.15, 0.2) is 0 Å². The van der Waals surface area contributed by atoms with Crippen LogP contribution in [-0.4, -0.2) is 16.8 Å². The zero-order chi connectivity index (χ0) is 19.8. The number of aliphatic imine (C=N–C) groups is 1. The monoisotopic (exact) mass is 373 g/mol. The van der Waals surface area contributed by atoms with Crippen LogP contribution in [0.4, 0.5) is 18.9 Å². The Morgan fingerprint density at radius 3 is 2.52 bits per heavy atom. The van der Waals surface area contributed by atoms with Gasteiger partial charge in [-0.3, -0.25) is 4.99 Å². The number of aromatic nitrogens is 1. The summed E-state index contributed by atoms with van der Waals surface area (Å²) in [6, 6.07) is 9.07. The van der Waals surface area contributed by atoms with E-state index in [4.69, 9.17) is 4.74 Å². The van der Waals surface area contributed by atoms with Crippen molar-refractivity contribution in [2.75, 3.05) is 0 Å². The van der Waals surface area contributed by atoms with Gasteiger partial charge < -0.3 is 4.74 Å². The molecule has 0 fully saturated rings. The maximum absolute atomic E-state index is 13.7. The van der Waals surface area contributed by atoms with Gasteiger partial charge in [-0.15, -0.1) is 0 Å². The van der Waals surface area contributed by atoms with Crippen molar-refractivity contribution in [3.63, 3.8) is 0 Å². The van der Waals surface area contributed by atoms with Crippen molar-refractivity contribution in [1.29, 1.82) is 5.26 Å². The second-order valence-electron chi connectivity index (χ2n) is 6.64. The number of nitriles is 1. The Morgan fingerprint density at radius 2 is 1.89 bits per heavy atom. The SMILES string of the molecule is CC1=Nc2ccnc(OC(C)C)c2C(c2ccccc2C(F)(F)F)C1C#N. The van der Waals surface area contributed by atoms with E-state index in [1.54, 1.807) is 32.9 Å². The van der Waals surface area contributed by atoms with Gasteiger partial charge in [-0.1, -0.05) is 18.2 Å². The number of rotatable bonds is 3. The maximum Gasteiger partial charge on any atom is 0.416 e. The number of benzene rings is 1. The fraction of sp³-hybridized carbons (Fsp3) is 0.350. The standard InChI is InChI=1S/C20H18F3N3O/c1-11(2)27-19-18-16(8-9-25-19)26-12(3)14(10-24)17(18)13-6-4-5-7-15(13)20(21,22)23/h4-9,11,14,17H,1-3H3. The molecule has 1 aliphatic heterocycles. The molecule has 4 nitrogen and oxygen atoms in total. The molecule has 3 rings (SSSR count). The summed E-state index contributed by atoms with van der Waals surface area (Å²) in [4.78, 5) is 8.64. The summed E-state index contributed by atoms with van der Waals surface area (Å²) in [7, 11) is 0. The minimum absolute atomic E-state index is 0.0219. The van der Waals surface area contributed by atoms with Gasteiger partial charge in [0.2, 0.25) is 5.88 Å². The van der Waals surface area contributed by atoms with Gasteiger partial charge in [-0.2, -0.15) is 18.4 Å². The summed E-state index contributed by atoms with van der Waals surface area (Å²) in [5.41, 5.74) is 0.615. The van der Waals surface area contributed by atoms with E-state index in [1.165, 1.54) is 18.3 Å². The third-order valence-corrected chi connectivity index (χ3v) is 4.41. The first kappa shape index (κ1) is 18.9. The largest absolute Gasteiger partial charge is 0.475 e. The van der Waals surface area contributed by atoms with E-state index in [0.29, 0.717) is 17.0 Å². The molecule has 0 saturated carbocycles. The highest BCUT2D eigenvalue weighted by molar-refractivity contribution is 5.93. The zero-order valence-electron chi connectivity index (χ0n) is 15.1. The Hall–Kier alpha value is -2.88. The number of nitrogens with zero attached hydrogens (tertiary/aromatic N) is 3. The van der Waals surface area contributed by atoms with Crippen molar-refractivity contribution in [1.82, 2.24) is 4.98 Å².